The lowest BCUT2D eigenvalue weighted by Crippen LogP contribution is -2.46. The summed E-state index contributed by atoms with van der Waals surface area (Å²) in [5.41, 5.74) is 1.19. The number of nitrogens with one attached hydrogen (secondary N) is 1. The summed E-state index contributed by atoms with van der Waals surface area (Å²) in [4.78, 5) is 17.0. The highest BCUT2D eigenvalue weighted by molar-refractivity contribution is 5.94. The summed E-state index contributed by atoms with van der Waals surface area (Å²) >= 11 is 0. The zero-order valence-electron chi connectivity index (χ0n) is 13.8. The molecule has 1 aromatic carbocycles. The van der Waals surface area contributed by atoms with Crippen LogP contribution < -0.4 is 5.32 Å². The first-order chi connectivity index (χ1) is 10.4. The summed E-state index contributed by atoms with van der Waals surface area (Å²) in [5, 5.41) is 12.1. The molecule has 2 rings (SSSR count). The average Bonchev–Trinajstić information content (AvgIpc) is 2.49. The number of carbonyl (C=O) groups is 1. The number of aliphatic hydroxyl groups is 1. The van der Waals surface area contributed by atoms with E-state index in [1.54, 1.807) is 13.8 Å². The summed E-state index contributed by atoms with van der Waals surface area (Å²) in [7, 11) is 2.14. The molecule has 1 amide bonds. The maximum absolute atomic E-state index is 12.3. The molecule has 1 aromatic rings. The van der Waals surface area contributed by atoms with Crippen LogP contribution in [0.3, 0.4) is 0 Å². The van der Waals surface area contributed by atoms with Crippen LogP contribution in [-0.4, -0.2) is 66.2 Å². The monoisotopic (exact) mass is 305 g/mol. The lowest BCUT2D eigenvalue weighted by molar-refractivity contribution is 0.0869. The minimum Gasteiger partial charge on any atom is -0.394 e. The smallest absolute Gasteiger partial charge is 0.251 e. The van der Waals surface area contributed by atoms with Crippen LogP contribution in [0.25, 0.3) is 0 Å². The Morgan fingerprint density at radius 3 is 2.59 bits per heavy atom. The van der Waals surface area contributed by atoms with Crippen LogP contribution in [0.15, 0.2) is 24.3 Å². The van der Waals surface area contributed by atoms with Crippen molar-refractivity contribution in [1.82, 2.24) is 15.1 Å². The number of aliphatic hydroxyl groups excluding tert-OH is 1. The number of amides is 1. The summed E-state index contributed by atoms with van der Waals surface area (Å²) in [6.07, 6.45) is 0. The van der Waals surface area contributed by atoms with Crippen LogP contribution in [0, 0.1) is 0 Å². The fourth-order valence-corrected chi connectivity index (χ4v) is 2.49. The van der Waals surface area contributed by atoms with Crippen LogP contribution in [0.1, 0.15) is 29.8 Å². The second-order valence-corrected chi connectivity index (χ2v) is 6.78. The van der Waals surface area contributed by atoms with Crippen LogP contribution in [-0.2, 0) is 6.54 Å². The summed E-state index contributed by atoms with van der Waals surface area (Å²) < 4.78 is 0. The van der Waals surface area contributed by atoms with E-state index in [1.165, 1.54) is 0 Å². The largest absolute Gasteiger partial charge is 0.394 e. The molecule has 0 aromatic heterocycles. The highest BCUT2D eigenvalue weighted by atomic mass is 16.3. The van der Waals surface area contributed by atoms with E-state index in [1.807, 2.05) is 18.2 Å². The molecule has 1 aliphatic heterocycles. The van der Waals surface area contributed by atoms with Gasteiger partial charge in [-0.25, -0.2) is 0 Å². The quantitative estimate of drug-likeness (QED) is 0.850. The van der Waals surface area contributed by atoms with E-state index in [9.17, 15) is 9.90 Å². The van der Waals surface area contributed by atoms with Crippen molar-refractivity contribution in [2.45, 2.75) is 25.9 Å². The normalized spacial score (nSPS) is 17.5. The highest BCUT2D eigenvalue weighted by Gasteiger charge is 2.20. The molecular weight excluding hydrogens is 278 g/mol. The average molecular weight is 305 g/mol. The number of carbonyl (C=O) groups excluding carboxylic acids is 1. The van der Waals surface area contributed by atoms with E-state index in [2.05, 4.69) is 28.2 Å². The van der Waals surface area contributed by atoms with Crippen molar-refractivity contribution in [3.8, 4) is 0 Å². The van der Waals surface area contributed by atoms with E-state index in [4.69, 9.17) is 0 Å². The van der Waals surface area contributed by atoms with E-state index in [-0.39, 0.29) is 12.5 Å². The lowest BCUT2D eigenvalue weighted by Gasteiger charge is -2.32. The first-order valence-electron chi connectivity index (χ1n) is 7.83. The van der Waals surface area contributed by atoms with Gasteiger partial charge in [0, 0.05) is 38.3 Å². The van der Waals surface area contributed by atoms with E-state index in [0.717, 1.165) is 38.3 Å². The number of nitrogens with zero attached hydrogens (tertiary/aromatic N) is 2. The van der Waals surface area contributed by atoms with Gasteiger partial charge < -0.3 is 15.3 Å². The van der Waals surface area contributed by atoms with Crippen molar-refractivity contribution < 1.29 is 9.90 Å². The van der Waals surface area contributed by atoms with Crippen LogP contribution in [0.5, 0.6) is 0 Å². The topological polar surface area (TPSA) is 55.8 Å². The fraction of sp³-hybridized carbons (Fsp3) is 0.588. The van der Waals surface area contributed by atoms with Crippen LogP contribution >= 0.6 is 0 Å². The minimum absolute atomic E-state index is 0.0836. The van der Waals surface area contributed by atoms with E-state index >= 15 is 0 Å². The summed E-state index contributed by atoms with van der Waals surface area (Å²) in [6.45, 7) is 8.70. The summed E-state index contributed by atoms with van der Waals surface area (Å²) in [6, 6.07) is 7.75. The highest BCUT2D eigenvalue weighted by Crippen LogP contribution is 2.11. The third-order valence-corrected chi connectivity index (χ3v) is 4.04. The Hall–Kier alpha value is -1.43. The van der Waals surface area contributed by atoms with Gasteiger partial charge in [0.1, 0.15) is 0 Å². The molecule has 5 nitrogen and oxygen atoms in total. The zero-order valence-corrected chi connectivity index (χ0v) is 13.8. The maximum Gasteiger partial charge on any atom is 0.251 e. The van der Waals surface area contributed by atoms with Gasteiger partial charge in [-0.3, -0.25) is 9.69 Å². The van der Waals surface area contributed by atoms with Crippen molar-refractivity contribution in [3.05, 3.63) is 35.4 Å². The lowest BCUT2D eigenvalue weighted by atomic mass is 10.0. The van der Waals surface area contributed by atoms with E-state index < -0.39 is 5.54 Å². The number of rotatable bonds is 5. The molecule has 22 heavy (non-hydrogen) atoms. The third kappa shape index (κ3) is 4.80. The maximum atomic E-state index is 12.3. The Morgan fingerprint density at radius 1 is 1.27 bits per heavy atom. The molecule has 5 heteroatoms. The fourth-order valence-electron chi connectivity index (χ4n) is 2.49. The van der Waals surface area contributed by atoms with Gasteiger partial charge in [-0.1, -0.05) is 12.1 Å². The molecule has 0 bridgehead atoms. The standard InChI is InChI=1S/C17H27N3O2/c1-17(2,13-21)18-16(22)15-6-4-5-14(11-15)12-20-9-7-19(3)8-10-20/h4-6,11,21H,7-10,12-13H2,1-3H3,(H,18,22). The summed E-state index contributed by atoms with van der Waals surface area (Å²) in [5.74, 6) is -0.140. The van der Waals surface area contributed by atoms with Crippen LogP contribution in [0.4, 0.5) is 0 Å². The van der Waals surface area contributed by atoms with E-state index in [0.29, 0.717) is 5.56 Å². The molecule has 0 atom stereocenters. The Labute approximate surface area is 132 Å². The van der Waals surface area contributed by atoms with Crippen LogP contribution in [0.2, 0.25) is 0 Å². The second kappa shape index (κ2) is 7.22. The van der Waals surface area contributed by atoms with Gasteiger partial charge in [0.25, 0.3) is 5.91 Å². The minimum atomic E-state index is -0.607. The van der Waals surface area contributed by atoms with Gasteiger partial charge in [0.15, 0.2) is 0 Å². The van der Waals surface area contributed by atoms with Crippen molar-refractivity contribution >= 4 is 5.91 Å². The first kappa shape index (κ1) is 16.9. The predicted octanol–water partition coefficient (Wildman–Crippen LogP) is 0.935. The Kier molecular flexibility index (Phi) is 5.56. The van der Waals surface area contributed by atoms with Crippen molar-refractivity contribution in [2.75, 3.05) is 39.8 Å². The third-order valence-electron chi connectivity index (χ3n) is 4.04. The van der Waals surface area contributed by atoms with Gasteiger partial charge in [-0.2, -0.15) is 0 Å². The molecular formula is C17H27N3O2. The Morgan fingerprint density at radius 2 is 1.95 bits per heavy atom. The molecule has 0 aliphatic carbocycles. The SMILES string of the molecule is CN1CCN(Cc2cccc(C(=O)NC(C)(C)CO)c2)CC1. The number of piperazine rings is 1. The van der Waals surface area contributed by atoms with Gasteiger partial charge in [-0.15, -0.1) is 0 Å². The molecule has 0 spiro atoms. The number of hydrogen-bond acceptors (Lipinski definition) is 4. The molecule has 1 aliphatic rings. The first-order valence-corrected chi connectivity index (χ1v) is 7.83. The van der Waals surface area contributed by atoms with Gasteiger partial charge in [0.2, 0.25) is 0 Å². The molecule has 0 saturated carbocycles. The number of likely N-dealkylation sites (N-methyl/N-ethyl adjacent to an activating group) is 1. The van der Waals surface area contributed by atoms with Gasteiger partial charge in [-0.05, 0) is 38.6 Å². The Balaban J connectivity index is 1.99. The molecule has 1 saturated heterocycles. The zero-order chi connectivity index (χ0) is 16.2. The Bertz CT molecular complexity index is 508. The molecule has 122 valence electrons. The van der Waals surface area contributed by atoms with Crippen molar-refractivity contribution in [2.24, 2.45) is 0 Å². The molecule has 2 N–H and O–H groups in total. The van der Waals surface area contributed by atoms with Gasteiger partial charge >= 0.3 is 0 Å². The molecule has 0 radical (unpaired) electrons. The van der Waals surface area contributed by atoms with Gasteiger partial charge in [0.05, 0.1) is 12.1 Å². The van der Waals surface area contributed by atoms with Crippen molar-refractivity contribution in [1.29, 1.82) is 0 Å². The number of benzene rings is 1. The number of hydrogen-bond donors (Lipinski definition) is 2. The van der Waals surface area contributed by atoms with Crippen molar-refractivity contribution in [3.63, 3.8) is 0 Å². The second-order valence-electron chi connectivity index (χ2n) is 6.78. The molecule has 1 heterocycles. The predicted molar refractivity (Wildman–Crippen MR) is 87.8 cm³/mol. The molecule has 1 fully saturated rings. The molecule has 0 unspecified atom stereocenters.